The molecule has 3 N–H and O–H groups in total. The number of nitrogens with one attached hydrogen (secondary N) is 2. The standard InChI is InChI=1S/C17H21ClN4O2/c18-14-5-3-13(4-6-14)15(22-10-2-9-21-22)11-19-16(23)20-12-17(24)7-1-8-17/h2-6,9-10,15,24H,1,7-8,11-12H2,(H2,19,20,23). The second-order valence-electron chi connectivity index (χ2n) is 6.19. The van der Waals surface area contributed by atoms with Gasteiger partial charge < -0.3 is 15.7 Å². The molecule has 0 bridgehead atoms. The van der Waals surface area contributed by atoms with E-state index < -0.39 is 5.60 Å². The number of aromatic nitrogens is 2. The van der Waals surface area contributed by atoms with Gasteiger partial charge in [0, 0.05) is 30.5 Å². The quantitative estimate of drug-likeness (QED) is 0.749. The van der Waals surface area contributed by atoms with E-state index in [9.17, 15) is 9.90 Å². The monoisotopic (exact) mass is 348 g/mol. The molecule has 2 amide bonds. The lowest BCUT2D eigenvalue weighted by molar-refractivity contribution is -0.0290. The Bertz CT molecular complexity index is 668. The van der Waals surface area contributed by atoms with Crippen molar-refractivity contribution in [3.63, 3.8) is 0 Å². The van der Waals surface area contributed by atoms with Crippen molar-refractivity contribution in [2.45, 2.75) is 30.9 Å². The number of hydrogen-bond acceptors (Lipinski definition) is 3. The molecule has 1 aromatic carbocycles. The molecular weight excluding hydrogens is 328 g/mol. The predicted octanol–water partition coefficient (Wildman–Crippen LogP) is 2.34. The molecule has 1 aliphatic carbocycles. The molecule has 24 heavy (non-hydrogen) atoms. The van der Waals surface area contributed by atoms with E-state index in [0.29, 0.717) is 11.6 Å². The number of amides is 2. The molecular formula is C17H21ClN4O2. The third-order valence-electron chi connectivity index (χ3n) is 4.42. The molecule has 0 saturated heterocycles. The Balaban J connectivity index is 1.60. The Morgan fingerprint density at radius 2 is 2.08 bits per heavy atom. The van der Waals surface area contributed by atoms with Gasteiger partial charge in [-0.1, -0.05) is 23.7 Å². The van der Waals surface area contributed by atoms with Gasteiger partial charge in [0.15, 0.2) is 0 Å². The lowest BCUT2D eigenvalue weighted by atomic mass is 9.80. The Morgan fingerprint density at radius 3 is 2.67 bits per heavy atom. The summed E-state index contributed by atoms with van der Waals surface area (Å²) in [5.74, 6) is 0. The minimum absolute atomic E-state index is 0.130. The molecule has 1 unspecified atom stereocenters. The van der Waals surface area contributed by atoms with Crippen molar-refractivity contribution in [3.8, 4) is 0 Å². The molecule has 0 aliphatic heterocycles. The maximum atomic E-state index is 12.0. The average Bonchev–Trinajstić information content (AvgIpc) is 3.07. The Kier molecular flexibility index (Phi) is 5.06. The minimum Gasteiger partial charge on any atom is -0.388 e. The number of hydrogen-bond donors (Lipinski definition) is 3. The van der Waals surface area contributed by atoms with E-state index in [0.717, 1.165) is 24.8 Å². The van der Waals surface area contributed by atoms with Gasteiger partial charge in [-0.2, -0.15) is 5.10 Å². The van der Waals surface area contributed by atoms with E-state index in [4.69, 9.17) is 11.6 Å². The van der Waals surface area contributed by atoms with E-state index in [1.165, 1.54) is 0 Å². The SMILES string of the molecule is O=C(NCC(c1ccc(Cl)cc1)n1cccn1)NCC1(O)CCC1. The lowest BCUT2D eigenvalue weighted by Crippen LogP contribution is -2.50. The maximum absolute atomic E-state index is 12.0. The predicted molar refractivity (Wildman–Crippen MR) is 92.0 cm³/mol. The summed E-state index contributed by atoms with van der Waals surface area (Å²) < 4.78 is 1.79. The molecule has 1 aliphatic rings. The Morgan fingerprint density at radius 1 is 1.33 bits per heavy atom. The second-order valence-corrected chi connectivity index (χ2v) is 6.63. The van der Waals surface area contributed by atoms with Crippen LogP contribution in [-0.2, 0) is 0 Å². The summed E-state index contributed by atoms with van der Waals surface area (Å²) in [5, 5.41) is 20.5. The van der Waals surface area contributed by atoms with Gasteiger partial charge >= 0.3 is 6.03 Å². The van der Waals surface area contributed by atoms with Crippen molar-refractivity contribution in [3.05, 3.63) is 53.3 Å². The zero-order valence-corrected chi connectivity index (χ0v) is 14.0. The van der Waals surface area contributed by atoms with Crippen LogP contribution in [0.25, 0.3) is 0 Å². The first-order valence-electron chi connectivity index (χ1n) is 8.04. The van der Waals surface area contributed by atoms with Gasteiger partial charge in [-0.15, -0.1) is 0 Å². The van der Waals surface area contributed by atoms with Crippen molar-refractivity contribution in [2.75, 3.05) is 13.1 Å². The molecule has 128 valence electrons. The van der Waals surface area contributed by atoms with Gasteiger partial charge in [0.1, 0.15) is 0 Å². The van der Waals surface area contributed by atoms with E-state index >= 15 is 0 Å². The number of urea groups is 1. The van der Waals surface area contributed by atoms with Crippen LogP contribution in [0, 0.1) is 0 Å². The summed E-state index contributed by atoms with van der Waals surface area (Å²) in [4.78, 5) is 12.0. The average molecular weight is 349 g/mol. The van der Waals surface area contributed by atoms with Crippen molar-refractivity contribution in [1.29, 1.82) is 0 Å². The van der Waals surface area contributed by atoms with Gasteiger partial charge in [0.2, 0.25) is 0 Å². The first-order chi connectivity index (χ1) is 11.6. The Labute approximate surface area is 145 Å². The number of aliphatic hydroxyl groups is 1. The molecule has 1 saturated carbocycles. The highest BCUT2D eigenvalue weighted by Gasteiger charge is 2.34. The van der Waals surface area contributed by atoms with Gasteiger partial charge in [-0.25, -0.2) is 4.79 Å². The molecule has 3 rings (SSSR count). The first kappa shape index (κ1) is 16.8. The number of halogens is 1. The van der Waals surface area contributed by atoms with E-state index in [1.54, 1.807) is 10.9 Å². The summed E-state index contributed by atoms with van der Waals surface area (Å²) in [6, 6.07) is 8.90. The summed E-state index contributed by atoms with van der Waals surface area (Å²) in [6.45, 7) is 0.666. The molecule has 1 aromatic heterocycles. The number of carbonyl (C=O) groups is 1. The molecule has 0 spiro atoms. The second kappa shape index (κ2) is 7.23. The van der Waals surface area contributed by atoms with E-state index in [-0.39, 0.29) is 18.6 Å². The minimum atomic E-state index is -0.727. The van der Waals surface area contributed by atoms with Crippen LogP contribution in [-0.4, -0.2) is 39.6 Å². The topological polar surface area (TPSA) is 79.2 Å². The van der Waals surface area contributed by atoms with Gasteiger partial charge in [0.25, 0.3) is 0 Å². The molecule has 0 radical (unpaired) electrons. The van der Waals surface area contributed by atoms with Crippen LogP contribution >= 0.6 is 11.6 Å². The highest BCUT2D eigenvalue weighted by atomic mass is 35.5. The van der Waals surface area contributed by atoms with Crippen LogP contribution in [0.5, 0.6) is 0 Å². The lowest BCUT2D eigenvalue weighted by Gasteiger charge is -2.36. The van der Waals surface area contributed by atoms with E-state index in [2.05, 4.69) is 15.7 Å². The zero-order valence-electron chi connectivity index (χ0n) is 13.3. The summed E-state index contributed by atoms with van der Waals surface area (Å²) in [5.41, 5.74) is 0.274. The molecule has 2 aromatic rings. The zero-order chi connectivity index (χ0) is 17.0. The number of rotatable bonds is 6. The third-order valence-corrected chi connectivity index (χ3v) is 4.67. The van der Waals surface area contributed by atoms with Crippen molar-refractivity contribution >= 4 is 17.6 Å². The number of nitrogens with zero attached hydrogens (tertiary/aromatic N) is 2. The van der Waals surface area contributed by atoms with Crippen molar-refractivity contribution in [1.82, 2.24) is 20.4 Å². The Hall–Kier alpha value is -2.05. The molecule has 1 heterocycles. The third kappa shape index (κ3) is 4.07. The summed E-state index contributed by atoms with van der Waals surface area (Å²) in [7, 11) is 0. The largest absolute Gasteiger partial charge is 0.388 e. The summed E-state index contributed by atoms with van der Waals surface area (Å²) in [6.07, 6.45) is 6.06. The highest BCUT2D eigenvalue weighted by Crippen LogP contribution is 2.30. The van der Waals surface area contributed by atoms with Gasteiger partial charge in [-0.05, 0) is 43.0 Å². The highest BCUT2D eigenvalue weighted by molar-refractivity contribution is 6.30. The van der Waals surface area contributed by atoms with Crippen LogP contribution in [0.3, 0.4) is 0 Å². The van der Waals surface area contributed by atoms with Crippen LogP contribution < -0.4 is 10.6 Å². The van der Waals surface area contributed by atoms with Crippen LogP contribution in [0.4, 0.5) is 4.79 Å². The smallest absolute Gasteiger partial charge is 0.314 e. The van der Waals surface area contributed by atoms with Crippen LogP contribution in [0.2, 0.25) is 5.02 Å². The number of carbonyl (C=O) groups excluding carboxylic acids is 1. The van der Waals surface area contributed by atoms with Crippen molar-refractivity contribution < 1.29 is 9.90 Å². The first-order valence-corrected chi connectivity index (χ1v) is 8.42. The fourth-order valence-electron chi connectivity index (χ4n) is 2.77. The molecule has 1 fully saturated rings. The molecule has 6 nitrogen and oxygen atoms in total. The van der Waals surface area contributed by atoms with Gasteiger partial charge in [-0.3, -0.25) is 4.68 Å². The molecule has 7 heteroatoms. The van der Waals surface area contributed by atoms with Crippen LogP contribution in [0.1, 0.15) is 30.9 Å². The fraction of sp³-hybridized carbons (Fsp3) is 0.412. The number of benzene rings is 1. The maximum Gasteiger partial charge on any atom is 0.314 e. The van der Waals surface area contributed by atoms with Gasteiger partial charge in [0.05, 0.1) is 11.6 Å². The van der Waals surface area contributed by atoms with Crippen molar-refractivity contribution in [2.24, 2.45) is 0 Å². The molecule has 1 atom stereocenters. The summed E-state index contributed by atoms with van der Waals surface area (Å²) >= 11 is 5.95. The van der Waals surface area contributed by atoms with Crippen LogP contribution in [0.15, 0.2) is 42.7 Å². The van der Waals surface area contributed by atoms with E-state index in [1.807, 2.05) is 36.5 Å². The fourth-order valence-corrected chi connectivity index (χ4v) is 2.90. The normalized spacial score (nSPS) is 16.9.